The molecule has 0 aromatic heterocycles. The minimum Gasteiger partial charge on any atom is -0.460 e. The van der Waals surface area contributed by atoms with E-state index in [2.05, 4.69) is 5.32 Å². The first kappa shape index (κ1) is 17.1. The van der Waals surface area contributed by atoms with Crippen LogP contribution in [0.2, 0.25) is 0 Å². The number of hydrogen-bond donors (Lipinski definition) is 2. The third-order valence-electron chi connectivity index (χ3n) is 3.28. The predicted molar refractivity (Wildman–Crippen MR) is 92.6 cm³/mol. The average Bonchev–Trinajstić information content (AvgIpc) is 2.61. The van der Waals surface area contributed by atoms with E-state index in [0.717, 1.165) is 12.0 Å². The van der Waals surface area contributed by atoms with Crippen molar-refractivity contribution < 1.29 is 14.2 Å². The number of nitrogens with two attached hydrogens (primary N) is 1. The van der Waals surface area contributed by atoms with Crippen LogP contribution in [0.5, 0.6) is 0 Å². The van der Waals surface area contributed by atoms with Gasteiger partial charge in [0.15, 0.2) is 0 Å². The molecule has 0 saturated carbocycles. The SMILES string of the molecule is NCOBCc1ccc(NCCOC(=O)c2ccccc2)cc1. The van der Waals surface area contributed by atoms with E-state index >= 15 is 0 Å². The number of ether oxygens (including phenoxy) is 1. The third-order valence-corrected chi connectivity index (χ3v) is 3.28. The molecule has 3 N–H and O–H groups in total. The fourth-order valence-corrected chi connectivity index (χ4v) is 2.06. The number of hydrogen-bond acceptors (Lipinski definition) is 5. The molecule has 0 unspecified atom stereocenters. The Hall–Kier alpha value is -2.31. The summed E-state index contributed by atoms with van der Waals surface area (Å²) >= 11 is 0. The highest BCUT2D eigenvalue weighted by Gasteiger charge is 2.05. The molecule has 0 aliphatic heterocycles. The van der Waals surface area contributed by atoms with Crippen LogP contribution in [0.25, 0.3) is 0 Å². The highest BCUT2D eigenvalue weighted by atomic mass is 16.5. The molecular formula is C17H21BN2O3. The van der Waals surface area contributed by atoms with Gasteiger partial charge in [-0.25, -0.2) is 4.79 Å². The minimum absolute atomic E-state index is 0.251. The number of esters is 1. The molecule has 0 aliphatic carbocycles. The lowest BCUT2D eigenvalue weighted by atomic mass is 9.89. The van der Waals surface area contributed by atoms with Crippen LogP contribution in [0.15, 0.2) is 54.6 Å². The molecule has 0 bridgehead atoms. The van der Waals surface area contributed by atoms with E-state index in [1.54, 1.807) is 12.1 Å². The average molecular weight is 312 g/mol. The van der Waals surface area contributed by atoms with Crippen molar-refractivity contribution in [1.29, 1.82) is 0 Å². The van der Waals surface area contributed by atoms with Crippen molar-refractivity contribution in [1.82, 2.24) is 0 Å². The van der Waals surface area contributed by atoms with Gasteiger partial charge in [-0.3, -0.25) is 0 Å². The van der Waals surface area contributed by atoms with Gasteiger partial charge in [-0.15, -0.1) is 0 Å². The van der Waals surface area contributed by atoms with E-state index in [1.807, 2.05) is 42.5 Å². The molecule has 0 saturated heterocycles. The smallest absolute Gasteiger partial charge is 0.338 e. The lowest BCUT2D eigenvalue weighted by Gasteiger charge is -2.08. The standard InChI is InChI=1S/C17H21BN2O3/c19-13-23-18-12-14-6-8-16(9-7-14)20-10-11-22-17(21)15-4-2-1-3-5-15/h1-9,18,20H,10-13,19H2. The van der Waals surface area contributed by atoms with Gasteiger partial charge in [0.25, 0.3) is 7.48 Å². The Morgan fingerprint density at radius 2 is 1.83 bits per heavy atom. The van der Waals surface area contributed by atoms with E-state index in [-0.39, 0.29) is 12.7 Å². The molecule has 23 heavy (non-hydrogen) atoms. The maximum atomic E-state index is 11.8. The molecule has 0 atom stereocenters. The van der Waals surface area contributed by atoms with Crippen LogP contribution in [0, 0.1) is 0 Å². The van der Waals surface area contributed by atoms with Crippen LogP contribution in [0.4, 0.5) is 5.69 Å². The monoisotopic (exact) mass is 312 g/mol. The topological polar surface area (TPSA) is 73.6 Å². The van der Waals surface area contributed by atoms with Gasteiger partial charge in [-0.05, 0) is 30.6 Å². The molecule has 0 aliphatic rings. The van der Waals surface area contributed by atoms with Crippen LogP contribution in [0.3, 0.4) is 0 Å². The molecule has 120 valence electrons. The van der Waals surface area contributed by atoms with Gasteiger partial charge >= 0.3 is 5.97 Å². The maximum absolute atomic E-state index is 11.8. The van der Waals surface area contributed by atoms with Crippen LogP contribution in [-0.4, -0.2) is 33.3 Å². The number of anilines is 1. The summed E-state index contributed by atoms with van der Waals surface area (Å²) in [6.45, 7) is 1.13. The summed E-state index contributed by atoms with van der Waals surface area (Å²) in [5.41, 5.74) is 8.03. The lowest BCUT2D eigenvalue weighted by Crippen LogP contribution is -2.14. The lowest BCUT2D eigenvalue weighted by molar-refractivity contribution is 0.0520. The van der Waals surface area contributed by atoms with Crippen LogP contribution in [-0.2, 0) is 15.7 Å². The minimum atomic E-state index is -0.303. The Morgan fingerprint density at radius 3 is 2.52 bits per heavy atom. The van der Waals surface area contributed by atoms with Crippen molar-refractivity contribution in [2.45, 2.75) is 6.32 Å². The summed E-state index contributed by atoms with van der Waals surface area (Å²) in [5, 5.41) is 3.22. The normalized spacial score (nSPS) is 10.1. The molecule has 0 heterocycles. The first-order valence-electron chi connectivity index (χ1n) is 7.62. The van der Waals surface area contributed by atoms with Crippen molar-refractivity contribution in [2.24, 2.45) is 5.73 Å². The van der Waals surface area contributed by atoms with Gasteiger partial charge in [0, 0.05) is 12.2 Å². The van der Waals surface area contributed by atoms with Crippen molar-refractivity contribution in [3.8, 4) is 0 Å². The quantitative estimate of drug-likeness (QED) is 0.319. The highest BCUT2D eigenvalue weighted by molar-refractivity contribution is 6.26. The van der Waals surface area contributed by atoms with Crippen LogP contribution in [0.1, 0.15) is 15.9 Å². The molecule has 2 aromatic carbocycles. The molecule has 5 nitrogen and oxygen atoms in total. The summed E-state index contributed by atoms with van der Waals surface area (Å²) in [6.07, 6.45) is 0.839. The van der Waals surface area contributed by atoms with Crippen LogP contribution >= 0.6 is 0 Å². The third kappa shape index (κ3) is 6.14. The van der Waals surface area contributed by atoms with Crippen molar-refractivity contribution >= 4 is 19.1 Å². The zero-order valence-corrected chi connectivity index (χ0v) is 13.0. The molecular weight excluding hydrogens is 291 g/mol. The Labute approximate surface area is 137 Å². The summed E-state index contributed by atoms with van der Waals surface area (Å²) in [7, 11) is 0.624. The van der Waals surface area contributed by atoms with Gasteiger partial charge < -0.3 is 20.4 Å². The summed E-state index contributed by atoms with van der Waals surface area (Å²) in [4.78, 5) is 11.8. The van der Waals surface area contributed by atoms with Crippen LogP contribution < -0.4 is 11.1 Å². The first-order valence-corrected chi connectivity index (χ1v) is 7.62. The largest absolute Gasteiger partial charge is 0.460 e. The van der Waals surface area contributed by atoms with E-state index in [1.165, 1.54) is 5.56 Å². The van der Waals surface area contributed by atoms with Gasteiger partial charge in [-0.1, -0.05) is 35.9 Å². The molecule has 0 amide bonds. The number of benzene rings is 2. The Kier molecular flexibility index (Phi) is 7.16. The molecule has 2 rings (SSSR count). The zero-order valence-electron chi connectivity index (χ0n) is 13.0. The second-order valence-electron chi connectivity index (χ2n) is 4.95. The first-order chi connectivity index (χ1) is 11.3. The van der Waals surface area contributed by atoms with Gasteiger partial charge in [0.1, 0.15) is 6.61 Å². The second-order valence-corrected chi connectivity index (χ2v) is 4.95. The van der Waals surface area contributed by atoms with Gasteiger partial charge in [0.05, 0.1) is 12.3 Å². The fourth-order valence-electron chi connectivity index (χ4n) is 2.06. The van der Waals surface area contributed by atoms with Gasteiger partial charge in [-0.2, -0.15) is 0 Å². The Balaban J connectivity index is 1.67. The Bertz CT molecular complexity index is 591. The summed E-state index contributed by atoms with van der Waals surface area (Å²) in [6, 6.07) is 17.0. The maximum Gasteiger partial charge on any atom is 0.338 e. The number of nitrogens with one attached hydrogen (secondary N) is 1. The van der Waals surface area contributed by atoms with Gasteiger partial charge in [0.2, 0.25) is 0 Å². The van der Waals surface area contributed by atoms with Crippen molar-refractivity contribution in [2.75, 3.05) is 25.2 Å². The molecule has 0 spiro atoms. The molecule has 6 heteroatoms. The Morgan fingerprint density at radius 1 is 1.09 bits per heavy atom. The van der Waals surface area contributed by atoms with E-state index in [0.29, 0.717) is 26.2 Å². The zero-order chi connectivity index (χ0) is 16.3. The molecule has 0 radical (unpaired) electrons. The van der Waals surface area contributed by atoms with Crippen molar-refractivity contribution in [3.05, 3.63) is 65.7 Å². The number of rotatable bonds is 9. The molecule has 0 fully saturated rings. The predicted octanol–water partition coefficient (Wildman–Crippen LogP) is 1.74. The number of carbonyl (C=O) groups excluding carboxylic acids is 1. The summed E-state index contributed by atoms with van der Waals surface area (Å²) < 4.78 is 10.3. The van der Waals surface area contributed by atoms with E-state index in [9.17, 15) is 4.79 Å². The highest BCUT2D eigenvalue weighted by Crippen LogP contribution is 2.09. The van der Waals surface area contributed by atoms with E-state index < -0.39 is 0 Å². The van der Waals surface area contributed by atoms with Crippen molar-refractivity contribution in [3.63, 3.8) is 0 Å². The fraction of sp³-hybridized carbons (Fsp3) is 0.235. The molecule has 2 aromatic rings. The summed E-state index contributed by atoms with van der Waals surface area (Å²) in [5.74, 6) is -0.303. The second kappa shape index (κ2) is 9.66. The number of carbonyl (C=O) groups is 1. The van der Waals surface area contributed by atoms with E-state index in [4.69, 9.17) is 15.1 Å².